The fraction of sp³-hybridized carbons (Fsp3) is 0.533. The molecular formula is C15H22ClN3O. The van der Waals surface area contributed by atoms with Crippen LogP contribution in [0.5, 0.6) is 0 Å². The number of nitrogen functional groups attached to an aromatic ring is 1. The van der Waals surface area contributed by atoms with Gasteiger partial charge in [0.15, 0.2) is 0 Å². The normalized spacial score (nSPS) is 17.7. The molecule has 110 valence electrons. The minimum atomic E-state index is -0.516. The Bertz CT molecular complexity index is 498. The predicted octanol–water partition coefficient (Wildman–Crippen LogP) is 3.40. The summed E-state index contributed by atoms with van der Waals surface area (Å²) in [7, 11) is 0. The molecule has 2 rings (SSSR count). The van der Waals surface area contributed by atoms with Crippen molar-refractivity contribution in [3.63, 3.8) is 0 Å². The van der Waals surface area contributed by atoms with E-state index in [-0.39, 0.29) is 6.04 Å². The largest absolute Gasteiger partial charge is 0.399 e. The molecule has 0 bridgehead atoms. The monoisotopic (exact) mass is 295 g/mol. The number of halogens is 1. The van der Waals surface area contributed by atoms with Crippen LogP contribution in [-0.4, -0.2) is 11.9 Å². The predicted molar refractivity (Wildman–Crippen MR) is 84.0 cm³/mol. The number of primary amides is 1. The summed E-state index contributed by atoms with van der Waals surface area (Å²) in [6.07, 6.45) is 6.29. The van der Waals surface area contributed by atoms with Gasteiger partial charge >= 0.3 is 0 Å². The molecule has 1 saturated carbocycles. The first-order chi connectivity index (χ1) is 9.49. The summed E-state index contributed by atoms with van der Waals surface area (Å²) in [4.78, 5) is 11.6. The highest BCUT2D eigenvalue weighted by Crippen LogP contribution is 2.33. The third-order valence-corrected chi connectivity index (χ3v) is 4.41. The smallest absolute Gasteiger partial charge is 0.250 e. The highest BCUT2D eigenvalue weighted by Gasteiger charge is 2.22. The van der Waals surface area contributed by atoms with Crippen molar-refractivity contribution in [1.82, 2.24) is 0 Å². The summed E-state index contributed by atoms with van der Waals surface area (Å²) < 4.78 is 0. The quantitative estimate of drug-likeness (QED) is 0.745. The maximum Gasteiger partial charge on any atom is 0.250 e. The zero-order valence-electron chi connectivity index (χ0n) is 11.8. The summed E-state index contributed by atoms with van der Waals surface area (Å²) in [6.45, 7) is 2.13. The summed E-state index contributed by atoms with van der Waals surface area (Å²) in [6, 6.07) is 3.48. The Morgan fingerprint density at radius 1 is 1.35 bits per heavy atom. The van der Waals surface area contributed by atoms with Gasteiger partial charge in [0.25, 0.3) is 5.91 Å². The van der Waals surface area contributed by atoms with Crippen molar-refractivity contribution in [2.75, 3.05) is 11.1 Å². The molecule has 1 aromatic rings. The van der Waals surface area contributed by atoms with Crippen LogP contribution in [-0.2, 0) is 0 Å². The van der Waals surface area contributed by atoms with Gasteiger partial charge in [0.2, 0.25) is 0 Å². The van der Waals surface area contributed by atoms with Gasteiger partial charge in [0, 0.05) is 11.7 Å². The molecule has 1 atom stereocenters. The van der Waals surface area contributed by atoms with E-state index in [0.717, 1.165) is 0 Å². The molecule has 0 spiro atoms. The van der Waals surface area contributed by atoms with E-state index in [1.54, 1.807) is 12.1 Å². The van der Waals surface area contributed by atoms with Crippen LogP contribution in [0.1, 0.15) is 49.4 Å². The molecular weight excluding hydrogens is 274 g/mol. The number of carbonyl (C=O) groups excluding carboxylic acids is 1. The van der Waals surface area contributed by atoms with Crippen molar-refractivity contribution in [3.8, 4) is 0 Å². The summed E-state index contributed by atoms with van der Waals surface area (Å²) in [5.41, 5.74) is 12.5. The van der Waals surface area contributed by atoms with Crippen LogP contribution < -0.4 is 16.8 Å². The Labute approximate surface area is 124 Å². The number of carbonyl (C=O) groups is 1. The number of amides is 1. The van der Waals surface area contributed by atoms with Crippen LogP contribution in [0.4, 0.5) is 11.4 Å². The Balaban J connectivity index is 2.21. The maximum absolute atomic E-state index is 11.6. The van der Waals surface area contributed by atoms with Crippen molar-refractivity contribution >= 4 is 28.9 Å². The van der Waals surface area contributed by atoms with Crippen molar-refractivity contribution in [2.24, 2.45) is 11.7 Å². The average molecular weight is 296 g/mol. The lowest BCUT2D eigenvalue weighted by atomic mass is 9.84. The van der Waals surface area contributed by atoms with E-state index in [9.17, 15) is 4.79 Å². The second-order valence-corrected chi connectivity index (χ2v) is 6.03. The van der Waals surface area contributed by atoms with Gasteiger partial charge in [-0.25, -0.2) is 0 Å². The fourth-order valence-corrected chi connectivity index (χ4v) is 3.23. The minimum Gasteiger partial charge on any atom is -0.399 e. The van der Waals surface area contributed by atoms with Gasteiger partial charge in [0.1, 0.15) is 0 Å². The Morgan fingerprint density at radius 3 is 2.60 bits per heavy atom. The van der Waals surface area contributed by atoms with Gasteiger partial charge in [-0.2, -0.15) is 0 Å². The van der Waals surface area contributed by atoms with E-state index in [1.165, 1.54) is 32.1 Å². The average Bonchev–Trinajstić information content (AvgIpc) is 2.42. The lowest BCUT2D eigenvalue weighted by molar-refractivity contribution is 0.100. The number of rotatable bonds is 4. The van der Waals surface area contributed by atoms with E-state index in [1.807, 2.05) is 0 Å². The second kappa shape index (κ2) is 6.35. The van der Waals surface area contributed by atoms with Crippen LogP contribution in [0.15, 0.2) is 12.1 Å². The number of nitrogens with one attached hydrogen (secondary N) is 1. The molecule has 20 heavy (non-hydrogen) atoms. The number of nitrogens with two attached hydrogens (primary N) is 2. The zero-order chi connectivity index (χ0) is 14.7. The van der Waals surface area contributed by atoms with Crippen molar-refractivity contribution < 1.29 is 4.79 Å². The molecule has 4 nitrogen and oxygen atoms in total. The number of benzene rings is 1. The minimum absolute atomic E-state index is 0.259. The third-order valence-electron chi connectivity index (χ3n) is 4.11. The number of hydrogen-bond donors (Lipinski definition) is 3. The molecule has 1 amide bonds. The molecule has 5 heteroatoms. The van der Waals surface area contributed by atoms with E-state index < -0.39 is 5.91 Å². The first kappa shape index (κ1) is 15.0. The highest BCUT2D eigenvalue weighted by molar-refractivity contribution is 6.34. The van der Waals surface area contributed by atoms with Crippen LogP contribution in [0.3, 0.4) is 0 Å². The molecule has 0 radical (unpaired) electrons. The summed E-state index contributed by atoms with van der Waals surface area (Å²) in [5, 5.41) is 3.81. The number of hydrogen-bond acceptors (Lipinski definition) is 3. The van der Waals surface area contributed by atoms with Crippen LogP contribution in [0.2, 0.25) is 5.02 Å². The SMILES string of the molecule is CC(Nc1c(Cl)cc(N)cc1C(N)=O)C1CCCCC1. The lowest BCUT2D eigenvalue weighted by Gasteiger charge is -2.30. The van der Waals surface area contributed by atoms with E-state index in [4.69, 9.17) is 23.1 Å². The Kier molecular flexibility index (Phi) is 4.76. The summed E-state index contributed by atoms with van der Waals surface area (Å²) >= 11 is 6.21. The van der Waals surface area contributed by atoms with E-state index in [0.29, 0.717) is 27.9 Å². The molecule has 0 heterocycles. The zero-order valence-corrected chi connectivity index (χ0v) is 12.5. The van der Waals surface area contributed by atoms with Gasteiger partial charge in [-0.05, 0) is 37.8 Å². The summed E-state index contributed by atoms with van der Waals surface area (Å²) in [5.74, 6) is 0.0932. The third kappa shape index (κ3) is 3.37. The van der Waals surface area contributed by atoms with Gasteiger partial charge in [-0.3, -0.25) is 4.79 Å². The van der Waals surface area contributed by atoms with Gasteiger partial charge in [0.05, 0.1) is 16.3 Å². The van der Waals surface area contributed by atoms with E-state index >= 15 is 0 Å². The first-order valence-corrected chi connectivity index (χ1v) is 7.52. The molecule has 1 fully saturated rings. The Hall–Kier alpha value is -1.42. The molecule has 0 aliphatic heterocycles. The molecule has 1 unspecified atom stereocenters. The van der Waals surface area contributed by atoms with Crippen LogP contribution in [0, 0.1) is 5.92 Å². The number of anilines is 2. The van der Waals surface area contributed by atoms with Gasteiger partial charge in [-0.15, -0.1) is 0 Å². The molecule has 1 aliphatic carbocycles. The standard InChI is InChI=1S/C15H22ClN3O/c1-9(10-5-3-2-4-6-10)19-14-12(15(18)20)7-11(17)8-13(14)16/h7-10,19H,2-6,17H2,1H3,(H2,18,20). The van der Waals surface area contributed by atoms with Crippen molar-refractivity contribution in [2.45, 2.75) is 45.1 Å². The van der Waals surface area contributed by atoms with Gasteiger partial charge in [-0.1, -0.05) is 30.9 Å². The van der Waals surface area contributed by atoms with Crippen molar-refractivity contribution in [1.29, 1.82) is 0 Å². The highest BCUT2D eigenvalue weighted by atomic mass is 35.5. The topological polar surface area (TPSA) is 81.1 Å². The van der Waals surface area contributed by atoms with Crippen molar-refractivity contribution in [3.05, 3.63) is 22.7 Å². The van der Waals surface area contributed by atoms with Crippen LogP contribution >= 0.6 is 11.6 Å². The lowest BCUT2D eigenvalue weighted by Crippen LogP contribution is -2.29. The Morgan fingerprint density at radius 2 is 2.00 bits per heavy atom. The molecule has 0 saturated heterocycles. The van der Waals surface area contributed by atoms with Gasteiger partial charge < -0.3 is 16.8 Å². The molecule has 1 aromatic carbocycles. The fourth-order valence-electron chi connectivity index (χ4n) is 2.95. The maximum atomic E-state index is 11.6. The molecule has 0 aromatic heterocycles. The van der Waals surface area contributed by atoms with E-state index in [2.05, 4.69) is 12.2 Å². The van der Waals surface area contributed by atoms with Crippen LogP contribution in [0.25, 0.3) is 0 Å². The molecule has 5 N–H and O–H groups in total. The second-order valence-electron chi connectivity index (χ2n) is 5.62. The first-order valence-electron chi connectivity index (χ1n) is 7.14. The molecule has 1 aliphatic rings.